The highest BCUT2D eigenvalue weighted by atomic mass is 16.2. The fourth-order valence-electron chi connectivity index (χ4n) is 2.19. The predicted molar refractivity (Wildman–Crippen MR) is 75.8 cm³/mol. The van der Waals surface area contributed by atoms with Crippen molar-refractivity contribution in [2.75, 3.05) is 10.6 Å². The number of rotatable bonds is 0. The molecule has 0 bridgehead atoms. The normalized spacial score (nSPS) is 12.7. The molecule has 3 heterocycles. The lowest BCUT2D eigenvalue weighted by Gasteiger charge is -2.13. The highest BCUT2D eigenvalue weighted by Crippen LogP contribution is 2.24. The zero-order valence-electron chi connectivity index (χ0n) is 11.4. The maximum atomic E-state index is 12.1. The third-order valence-corrected chi connectivity index (χ3v) is 3.32. The molecule has 3 rings (SSSR count). The molecule has 0 saturated carbocycles. The minimum absolute atomic E-state index is 0.0403. The highest BCUT2D eigenvalue weighted by molar-refractivity contribution is 6.10. The van der Waals surface area contributed by atoms with E-state index < -0.39 is 34.0 Å². The van der Waals surface area contributed by atoms with E-state index in [0.717, 1.165) is 9.13 Å². The quantitative estimate of drug-likeness (QED) is 0.432. The van der Waals surface area contributed by atoms with E-state index >= 15 is 0 Å². The Kier molecular flexibility index (Phi) is 2.67. The molecule has 1 amide bonds. The van der Waals surface area contributed by atoms with E-state index in [4.69, 9.17) is 0 Å². The second-order valence-corrected chi connectivity index (χ2v) is 4.67. The number of H-pyrrole nitrogens is 2. The molecule has 4 N–H and O–H groups in total. The second-order valence-electron chi connectivity index (χ2n) is 4.67. The average molecular weight is 306 g/mol. The fraction of sp³-hybridized carbons (Fsp3) is 0.182. The van der Waals surface area contributed by atoms with Gasteiger partial charge in [-0.3, -0.25) is 33.5 Å². The first kappa shape index (κ1) is 13.6. The number of nitrogens with zero attached hydrogens (tertiary/aromatic N) is 2. The zero-order chi connectivity index (χ0) is 16.2. The number of aromatic nitrogens is 4. The van der Waals surface area contributed by atoms with Crippen LogP contribution in [0.4, 0.5) is 17.3 Å². The summed E-state index contributed by atoms with van der Waals surface area (Å²) in [5.74, 6) is -1.12. The van der Waals surface area contributed by atoms with Crippen LogP contribution in [0.5, 0.6) is 0 Å². The zero-order valence-corrected chi connectivity index (χ0v) is 11.4. The van der Waals surface area contributed by atoms with Crippen molar-refractivity contribution in [1.29, 1.82) is 0 Å². The summed E-state index contributed by atoms with van der Waals surface area (Å²) in [5, 5.41) is 4.86. The smallest absolute Gasteiger partial charge is 0.325 e. The molecule has 0 spiro atoms. The third-order valence-electron chi connectivity index (χ3n) is 3.32. The molecule has 0 aromatic carbocycles. The maximum Gasteiger partial charge on any atom is 0.332 e. The van der Waals surface area contributed by atoms with Gasteiger partial charge in [-0.25, -0.2) is 9.59 Å². The van der Waals surface area contributed by atoms with Crippen molar-refractivity contribution in [1.82, 2.24) is 19.1 Å². The molecule has 2 aromatic heterocycles. The van der Waals surface area contributed by atoms with Crippen molar-refractivity contribution in [2.45, 2.75) is 0 Å². The standard InChI is InChI=1S/C11H10N6O5/c1-16-6-4(9(20)17(2)11(16)22)12-7(18)3-5(13-6)14-10(21)15-8(3)19/h1-2H3,(H,12,18)(H3,13,14,15,19,21). The van der Waals surface area contributed by atoms with Crippen LogP contribution in [0.2, 0.25) is 0 Å². The van der Waals surface area contributed by atoms with Crippen molar-refractivity contribution >= 4 is 23.2 Å². The largest absolute Gasteiger partial charge is 0.332 e. The van der Waals surface area contributed by atoms with E-state index in [0.29, 0.717) is 0 Å². The van der Waals surface area contributed by atoms with E-state index in [1.165, 1.54) is 14.1 Å². The van der Waals surface area contributed by atoms with Gasteiger partial charge in [0.15, 0.2) is 0 Å². The summed E-state index contributed by atoms with van der Waals surface area (Å²) in [5.41, 5.74) is -3.73. The lowest BCUT2D eigenvalue weighted by Crippen LogP contribution is -2.39. The van der Waals surface area contributed by atoms with Crippen LogP contribution in [-0.4, -0.2) is 25.0 Å². The van der Waals surface area contributed by atoms with E-state index in [-0.39, 0.29) is 17.3 Å². The van der Waals surface area contributed by atoms with Crippen molar-refractivity contribution in [2.24, 2.45) is 14.1 Å². The average Bonchev–Trinajstić information content (AvgIpc) is 2.59. The van der Waals surface area contributed by atoms with Crippen molar-refractivity contribution in [3.8, 4) is 0 Å². The molecule has 2 aromatic rings. The molecule has 0 fully saturated rings. The van der Waals surface area contributed by atoms with Crippen LogP contribution in [0.15, 0.2) is 19.2 Å². The molecule has 11 heteroatoms. The molecule has 0 saturated heterocycles. The van der Waals surface area contributed by atoms with Crippen LogP contribution in [0, 0.1) is 0 Å². The van der Waals surface area contributed by atoms with Crippen LogP contribution in [0.25, 0.3) is 0 Å². The topological polar surface area (TPSA) is 151 Å². The first-order valence-electron chi connectivity index (χ1n) is 6.06. The van der Waals surface area contributed by atoms with Crippen LogP contribution in [-0.2, 0) is 14.1 Å². The van der Waals surface area contributed by atoms with E-state index in [1.807, 2.05) is 4.98 Å². The molecule has 0 unspecified atom stereocenters. The second kappa shape index (κ2) is 4.31. The van der Waals surface area contributed by atoms with E-state index in [2.05, 4.69) is 15.6 Å². The maximum absolute atomic E-state index is 12.1. The van der Waals surface area contributed by atoms with Gasteiger partial charge in [-0.1, -0.05) is 0 Å². The number of hydrogen-bond acceptors (Lipinski definition) is 6. The summed E-state index contributed by atoms with van der Waals surface area (Å²) in [6, 6.07) is 0. The fourth-order valence-corrected chi connectivity index (χ4v) is 2.19. The van der Waals surface area contributed by atoms with E-state index in [1.54, 1.807) is 0 Å². The van der Waals surface area contributed by atoms with Gasteiger partial charge in [0.2, 0.25) is 0 Å². The Balaban J connectivity index is 2.43. The molecule has 0 radical (unpaired) electrons. The first-order valence-corrected chi connectivity index (χ1v) is 6.06. The Morgan fingerprint density at radius 1 is 0.864 bits per heavy atom. The minimum atomic E-state index is -0.918. The summed E-state index contributed by atoms with van der Waals surface area (Å²) < 4.78 is 1.88. The van der Waals surface area contributed by atoms with Crippen molar-refractivity contribution in [3.05, 3.63) is 47.2 Å². The number of nitrogens with one attached hydrogen (secondary N) is 4. The van der Waals surface area contributed by atoms with Crippen LogP contribution in [0.3, 0.4) is 0 Å². The molecule has 1 aliphatic heterocycles. The number of fused-ring (bicyclic) bond motifs is 2. The summed E-state index contributed by atoms with van der Waals surface area (Å²) in [7, 11) is 2.62. The monoisotopic (exact) mass is 306 g/mol. The molecule has 1 aliphatic rings. The van der Waals surface area contributed by atoms with Gasteiger partial charge in [0.25, 0.3) is 17.0 Å². The SMILES string of the molecule is Cn1c2c(c(=O)n(C)c1=O)NC(=O)c1c([nH]c(=O)[nH]c1=O)N2. The summed E-state index contributed by atoms with van der Waals surface area (Å²) in [6.07, 6.45) is 0. The van der Waals surface area contributed by atoms with E-state index in [9.17, 15) is 24.0 Å². The van der Waals surface area contributed by atoms with Gasteiger partial charge in [0.05, 0.1) is 0 Å². The number of carbonyl (C=O) groups is 1. The lowest BCUT2D eigenvalue weighted by atomic mass is 10.3. The number of carbonyl (C=O) groups excluding carboxylic acids is 1. The van der Waals surface area contributed by atoms with Gasteiger partial charge in [0, 0.05) is 14.1 Å². The summed E-state index contributed by atoms with van der Waals surface area (Å²) in [4.78, 5) is 63.5. The molecule has 0 aliphatic carbocycles. The molecule has 11 nitrogen and oxygen atoms in total. The van der Waals surface area contributed by atoms with Gasteiger partial charge in [-0.15, -0.1) is 0 Å². The first-order chi connectivity index (χ1) is 10.3. The molecule has 114 valence electrons. The number of amides is 1. The van der Waals surface area contributed by atoms with Gasteiger partial charge < -0.3 is 10.6 Å². The van der Waals surface area contributed by atoms with Gasteiger partial charge in [-0.2, -0.15) is 0 Å². The molecular weight excluding hydrogens is 296 g/mol. The Labute approximate surface area is 120 Å². The number of anilines is 3. The Bertz CT molecular complexity index is 1050. The van der Waals surface area contributed by atoms with Gasteiger partial charge in [-0.05, 0) is 0 Å². The minimum Gasteiger partial charge on any atom is -0.325 e. The number of aromatic amines is 2. The van der Waals surface area contributed by atoms with Gasteiger partial charge >= 0.3 is 11.4 Å². The Morgan fingerprint density at radius 3 is 2.23 bits per heavy atom. The highest BCUT2D eigenvalue weighted by Gasteiger charge is 2.27. The predicted octanol–water partition coefficient (Wildman–Crippen LogP) is -2.23. The van der Waals surface area contributed by atoms with Gasteiger partial charge in [0.1, 0.15) is 22.9 Å². The van der Waals surface area contributed by atoms with Crippen LogP contribution in [0.1, 0.15) is 10.4 Å². The number of hydrogen-bond donors (Lipinski definition) is 4. The van der Waals surface area contributed by atoms with Crippen molar-refractivity contribution < 1.29 is 4.79 Å². The Morgan fingerprint density at radius 2 is 1.55 bits per heavy atom. The molecular formula is C11H10N6O5. The summed E-state index contributed by atoms with van der Waals surface area (Å²) >= 11 is 0. The van der Waals surface area contributed by atoms with Crippen LogP contribution < -0.4 is 33.1 Å². The van der Waals surface area contributed by atoms with Crippen molar-refractivity contribution in [3.63, 3.8) is 0 Å². The molecule has 0 atom stereocenters. The Hall–Kier alpha value is -3.37. The lowest BCUT2D eigenvalue weighted by molar-refractivity contribution is 0.102. The third kappa shape index (κ3) is 1.72. The van der Waals surface area contributed by atoms with Crippen LogP contribution >= 0.6 is 0 Å². The summed E-state index contributed by atoms with van der Waals surface area (Å²) in [6.45, 7) is 0. The molecule has 22 heavy (non-hydrogen) atoms.